The number of hydrogen-bond donors (Lipinski definition) is 0. The van der Waals surface area contributed by atoms with Gasteiger partial charge in [-0.25, -0.2) is 9.18 Å². The van der Waals surface area contributed by atoms with Gasteiger partial charge in [-0.3, -0.25) is 9.69 Å². The number of carbonyl (C=O) groups excluding carboxylic acids is 2. The lowest BCUT2D eigenvalue weighted by atomic mass is 10.0. The summed E-state index contributed by atoms with van der Waals surface area (Å²) in [5, 5.41) is 0. The molecule has 1 unspecified atom stereocenters. The monoisotopic (exact) mass is 319 g/mol. The van der Waals surface area contributed by atoms with E-state index in [0.717, 1.165) is 25.8 Å². The zero-order valence-corrected chi connectivity index (χ0v) is 13.4. The number of piperidine rings is 1. The van der Waals surface area contributed by atoms with Crippen LogP contribution in [0.2, 0.25) is 0 Å². The van der Waals surface area contributed by atoms with E-state index < -0.39 is 0 Å². The van der Waals surface area contributed by atoms with Crippen LogP contribution in [0, 0.1) is 5.82 Å². The van der Waals surface area contributed by atoms with E-state index in [-0.39, 0.29) is 30.3 Å². The number of nitrogens with zero attached hydrogens (tertiary/aromatic N) is 3. The van der Waals surface area contributed by atoms with Gasteiger partial charge in [0.15, 0.2) is 0 Å². The third kappa shape index (κ3) is 3.30. The highest BCUT2D eigenvalue weighted by atomic mass is 19.1. The van der Waals surface area contributed by atoms with Gasteiger partial charge >= 0.3 is 6.03 Å². The number of hydrogen-bond acceptors (Lipinski definition) is 2. The fourth-order valence-electron chi connectivity index (χ4n) is 3.31. The van der Waals surface area contributed by atoms with Crippen molar-refractivity contribution in [3.8, 4) is 0 Å². The van der Waals surface area contributed by atoms with Gasteiger partial charge in [0.05, 0.1) is 0 Å². The van der Waals surface area contributed by atoms with Gasteiger partial charge in [-0.05, 0) is 50.5 Å². The predicted molar refractivity (Wildman–Crippen MR) is 85.7 cm³/mol. The lowest BCUT2D eigenvalue weighted by Gasteiger charge is -2.34. The Morgan fingerprint density at radius 3 is 2.61 bits per heavy atom. The Morgan fingerprint density at radius 1 is 1.17 bits per heavy atom. The van der Waals surface area contributed by atoms with Crippen LogP contribution in [0.15, 0.2) is 24.3 Å². The smallest absolute Gasteiger partial charge is 0.325 e. The molecule has 3 rings (SSSR count). The van der Waals surface area contributed by atoms with Crippen molar-refractivity contribution in [2.45, 2.75) is 32.2 Å². The van der Waals surface area contributed by atoms with Crippen molar-refractivity contribution in [2.24, 2.45) is 0 Å². The number of anilines is 1. The molecule has 23 heavy (non-hydrogen) atoms. The van der Waals surface area contributed by atoms with E-state index in [4.69, 9.17) is 0 Å². The minimum Gasteiger partial charge on any atom is -0.338 e. The van der Waals surface area contributed by atoms with Gasteiger partial charge in [0.1, 0.15) is 12.4 Å². The molecular formula is C17H22FN3O2. The third-order valence-electron chi connectivity index (χ3n) is 4.68. The third-order valence-corrected chi connectivity index (χ3v) is 4.68. The Hall–Kier alpha value is -2.11. The maximum Gasteiger partial charge on any atom is 0.325 e. The van der Waals surface area contributed by atoms with Gasteiger partial charge < -0.3 is 9.80 Å². The van der Waals surface area contributed by atoms with Crippen molar-refractivity contribution >= 4 is 17.6 Å². The zero-order valence-electron chi connectivity index (χ0n) is 13.4. The lowest BCUT2D eigenvalue weighted by molar-refractivity contribution is -0.134. The van der Waals surface area contributed by atoms with Crippen LogP contribution in [0.3, 0.4) is 0 Å². The maximum atomic E-state index is 13.0. The first-order chi connectivity index (χ1) is 11.1. The standard InChI is InChI=1S/C17H22FN3O2/c1-13-4-2-3-9-20(13)16(22)12-19-10-11-21(17(19)23)15-7-5-14(18)6-8-15/h5-8,13H,2-4,9-12H2,1H3. The molecule has 0 bridgehead atoms. The van der Waals surface area contributed by atoms with Crippen LogP contribution in [0.25, 0.3) is 0 Å². The summed E-state index contributed by atoms with van der Waals surface area (Å²) < 4.78 is 13.0. The summed E-state index contributed by atoms with van der Waals surface area (Å²) in [7, 11) is 0. The van der Waals surface area contributed by atoms with E-state index in [9.17, 15) is 14.0 Å². The first-order valence-corrected chi connectivity index (χ1v) is 8.18. The molecule has 0 spiro atoms. The van der Waals surface area contributed by atoms with E-state index in [0.29, 0.717) is 18.8 Å². The molecule has 3 amide bonds. The van der Waals surface area contributed by atoms with Crippen molar-refractivity contribution in [1.82, 2.24) is 9.80 Å². The molecule has 0 aliphatic carbocycles. The fourth-order valence-corrected chi connectivity index (χ4v) is 3.31. The van der Waals surface area contributed by atoms with Crippen molar-refractivity contribution in [1.29, 1.82) is 0 Å². The van der Waals surface area contributed by atoms with Crippen LogP contribution in [0.5, 0.6) is 0 Å². The molecule has 5 nitrogen and oxygen atoms in total. The van der Waals surface area contributed by atoms with Crippen molar-refractivity contribution in [3.05, 3.63) is 30.1 Å². The van der Waals surface area contributed by atoms with Gasteiger partial charge in [-0.15, -0.1) is 0 Å². The molecule has 1 aromatic carbocycles. The Balaban J connectivity index is 1.62. The van der Waals surface area contributed by atoms with E-state index in [1.165, 1.54) is 12.1 Å². The summed E-state index contributed by atoms with van der Waals surface area (Å²) in [6.07, 6.45) is 3.22. The Morgan fingerprint density at radius 2 is 1.91 bits per heavy atom. The summed E-state index contributed by atoms with van der Waals surface area (Å²) in [4.78, 5) is 30.0. The van der Waals surface area contributed by atoms with Gasteiger partial charge in [-0.2, -0.15) is 0 Å². The number of benzene rings is 1. The normalized spacial score (nSPS) is 21.9. The highest BCUT2D eigenvalue weighted by Crippen LogP contribution is 2.22. The van der Waals surface area contributed by atoms with Gasteiger partial charge in [0.25, 0.3) is 0 Å². The van der Waals surface area contributed by atoms with Gasteiger partial charge in [0, 0.05) is 31.4 Å². The van der Waals surface area contributed by atoms with Crippen LogP contribution in [0.1, 0.15) is 26.2 Å². The second kappa shape index (κ2) is 6.56. The number of urea groups is 1. The van der Waals surface area contributed by atoms with E-state index >= 15 is 0 Å². The minimum absolute atomic E-state index is 0.0199. The Bertz CT molecular complexity index is 590. The van der Waals surface area contributed by atoms with Crippen LogP contribution < -0.4 is 4.90 Å². The summed E-state index contributed by atoms with van der Waals surface area (Å²) in [5.41, 5.74) is 0.665. The molecule has 2 saturated heterocycles. The SMILES string of the molecule is CC1CCCCN1C(=O)CN1CCN(c2ccc(F)cc2)C1=O. The zero-order chi connectivity index (χ0) is 16.4. The molecular weight excluding hydrogens is 297 g/mol. The van der Waals surface area contributed by atoms with Gasteiger partial charge in [0.2, 0.25) is 5.91 Å². The second-order valence-corrected chi connectivity index (χ2v) is 6.26. The first-order valence-electron chi connectivity index (χ1n) is 8.18. The highest BCUT2D eigenvalue weighted by Gasteiger charge is 2.33. The van der Waals surface area contributed by atoms with Crippen LogP contribution >= 0.6 is 0 Å². The Kier molecular flexibility index (Phi) is 4.50. The van der Waals surface area contributed by atoms with Crippen LogP contribution in [-0.4, -0.2) is 54.0 Å². The first kappa shape index (κ1) is 15.8. The number of amides is 3. The molecule has 2 fully saturated rings. The summed E-state index contributed by atoms with van der Waals surface area (Å²) in [6.45, 7) is 4.01. The quantitative estimate of drug-likeness (QED) is 0.859. The van der Waals surface area contributed by atoms with Crippen molar-refractivity contribution in [3.63, 3.8) is 0 Å². The topological polar surface area (TPSA) is 43.9 Å². The van der Waals surface area contributed by atoms with Crippen molar-refractivity contribution in [2.75, 3.05) is 31.1 Å². The lowest BCUT2D eigenvalue weighted by Crippen LogP contribution is -2.47. The number of halogens is 1. The molecule has 0 radical (unpaired) electrons. The number of rotatable bonds is 3. The molecule has 2 aliphatic heterocycles. The molecule has 1 aromatic rings. The molecule has 1 atom stereocenters. The summed E-state index contributed by atoms with van der Waals surface area (Å²) in [5.74, 6) is -0.307. The van der Waals surface area contributed by atoms with Crippen LogP contribution in [-0.2, 0) is 4.79 Å². The minimum atomic E-state index is -0.327. The summed E-state index contributed by atoms with van der Waals surface area (Å²) in [6, 6.07) is 5.92. The molecule has 124 valence electrons. The average molecular weight is 319 g/mol. The molecule has 6 heteroatoms. The van der Waals surface area contributed by atoms with E-state index in [2.05, 4.69) is 6.92 Å². The molecule has 0 aromatic heterocycles. The van der Waals surface area contributed by atoms with E-state index in [1.807, 2.05) is 4.90 Å². The van der Waals surface area contributed by atoms with Gasteiger partial charge in [-0.1, -0.05) is 0 Å². The maximum absolute atomic E-state index is 13.0. The van der Waals surface area contributed by atoms with E-state index in [1.54, 1.807) is 21.9 Å². The summed E-state index contributed by atoms with van der Waals surface area (Å²) >= 11 is 0. The van der Waals surface area contributed by atoms with Crippen molar-refractivity contribution < 1.29 is 14.0 Å². The number of likely N-dealkylation sites (tertiary alicyclic amines) is 1. The largest absolute Gasteiger partial charge is 0.338 e. The average Bonchev–Trinajstić information content (AvgIpc) is 2.89. The number of carbonyl (C=O) groups is 2. The fraction of sp³-hybridized carbons (Fsp3) is 0.529. The molecule has 2 heterocycles. The molecule has 2 aliphatic rings. The molecule has 0 N–H and O–H groups in total. The molecule has 0 saturated carbocycles. The predicted octanol–water partition coefficient (Wildman–Crippen LogP) is 2.47. The van der Waals surface area contributed by atoms with Crippen LogP contribution in [0.4, 0.5) is 14.9 Å². The Labute approximate surface area is 135 Å². The second-order valence-electron chi connectivity index (χ2n) is 6.26. The highest BCUT2D eigenvalue weighted by molar-refractivity contribution is 5.96.